The fourth-order valence-corrected chi connectivity index (χ4v) is 4.20. The quantitative estimate of drug-likeness (QED) is 0.251. The van der Waals surface area contributed by atoms with Crippen molar-refractivity contribution in [1.29, 1.82) is 0 Å². The Kier molecular flexibility index (Phi) is 7.57. The lowest BCUT2D eigenvalue weighted by Crippen LogP contribution is -2.27. The lowest BCUT2D eigenvalue weighted by Gasteiger charge is -2.17. The molecule has 4 rings (SSSR count). The molecule has 3 aromatic rings. The molecular weight excluding hydrogens is 470 g/mol. The molecule has 1 aromatic heterocycles. The number of amides is 1. The molecule has 1 saturated heterocycles. The number of hydrogen-bond acceptors (Lipinski definition) is 8. The summed E-state index contributed by atoms with van der Waals surface area (Å²) in [6.45, 7) is 2.17. The number of benzene rings is 2. The van der Waals surface area contributed by atoms with Gasteiger partial charge in [0.2, 0.25) is 5.91 Å². The van der Waals surface area contributed by atoms with Crippen LogP contribution in [0.3, 0.4) is 0 Å². The highest BCUT2D eigenvalue weighted by Gasteiger charge is 2.36. The molecule has 0 saturated carbocycles. The van der Waals surface area contributed by atoms with E-state index >= 15 is 0 Å². The Morgan fingerprint density at radius 2 is 1.71 bits per heavy atom. The highest BCUT2D eigenvalue weighted by atomic mass is 32.1. The van der Waals surface area contributed by atoms with Gasteiger partial charge in [0, 0.05) is 24.2 Å². The minimum atomic E-state index is -0.652. The molecule has 8 nitrogen and oxygen atoms in total. The monoisotopic (exact) mass is 493 g/mol. The van der Waals surface area contributed by atoms with Crippen molar-refractivity contribution in [2.75, 3.05) is 24.7 Å². The molecule has 1 aliphatic heterocycles. The van der Waals surface area contributed by atoms with E-state index in [1.807, 2.05) is 6.92 Å². The molecule has 0 N–H and O–H groups in total. The zero-order chi connectivity index (χ0) is 24.8. The van der Waals surface area contributed by atoms with Crippen LogP contribution in [0.5, 0.6) is 11.5 Å². The third-order valence-corrected chi connectivity index (χ3v) is 6.22. The molecule has 0 radical (unpaired) electrons. The van der Waals surface area contributed by atoms with Gasteiger partial charge in [-0.2, -0.15) is 0 Å². The summed E-state index contributed by atoms with van der Waals surface area (Å²) in [4.78, 5) is 51.4. The SMILES string of the molecule is CCOc1ccc(N2C[C@@H](C(=O)OCC(=O)c3ccc(OC(=O)c4cccs4)cc3)CC2=O)cc1. The molecule has 2 heterocycles. The minimum absolute atomic E-state index is 0.0184. The van der Waals surface area contributed by atoms with Crippen molar-refractivity contribution >= 4 is 40.7 Å². The smallest absolute Gasteiger partial charge is 0.353 e. The van der Waals surface area contributed by atoms with Gasteiger partial charge in [-0.25, -0.2) is 4.79 Å². The molecule has 1 amide bonds. The Labute approximate surface area is 206 Å². The van der Waals surface area contributed by atoms with E-state index < -0.39 is 30.2 Å². The summed E-state index contributed by atoms with van der Waals surface area (Å²) in [6, 6.07) is 16.5. The number of nitrogens with zero attached hydrogens (tertiary/aromatic N) is 1. The van der Waals surface area contributed by atoms with Gasteiger partial charge in [0.1, 0.15) is 16.4 Å². The number of hydrogen-bond donors (Lipinski definition) is 0. The third-order valence-electron chi connectivity index (χ3n) is 5.37. The number of rotatable bonds is 9. The number of ketones is 1. The Morgan fingerprint density at radius 3 is 2.37 bits per heavy atom. The van der Waals surface area contributed by atoms with Crippen molar-refractivity contribution in [3.8, 4) is 11.5 Å². The molecule has 0 aliphatic carbocycles. The average molecular weight is 494 g/mol. The summed E-state index contributed by atoms with van der Waals surface area (Å²) >= 11 is 1.27. The minimum Gasteiger partial charge on any atom is -0.494 e. The van der Waals surface area contributed by atoms with Gasteiger partial charge >= 0.3 is 11.9 Å². The summed E-state index contributed by atoms with van der Waals surface area (Å²) in [7, 11) is 0. The zero-order valence-corrected chi connectivity index (χ0v) is 19.8. The van der Waals surface area contributed by atoms with Crippen LogP contribution in [0.25, 0.3) is 0 Å². The number of anilines is 1. The van der Waals surface area contributed by atoms with Crippen LogP contribution in [0.1, 0.15) is 33.4 Å². The predicted octanol–water partition coefficient (Wildman–Crippen LogP) is 4.15. The van der Waals surface area contributed by atoms with Gasteiger partial charge in [-0.1, -0.05) is 6.07 Å². The van der Waals surface area contributed by atoms with E-state index in [9.17, 15) is 19.2 Å². The normalized spacial score (nSPS) is 15.1. The Hall–Kier alpha value is -3.98. The van der Waals surface area contributed by atoms with Crippen molar-refractivity contribution in [2.24, 2.45) is 5.92 Å². The molecule has 0 bridgehead atoms. The van der Waals surface area contributed by atoms with Crippen LogP contribution in [0.15, 0.2) is 66.0 Å². The van der Waals surface area contributed by atoms with Crippen molar-refractivity contribution in [2.45, 2.75) is 13.3 Å². The maximum absolute atomic E-state index is 12.5. The van der Waals surface area contributed by atoms with Gasteiger partial charge in [-0.05, 0) is 66.9 Å². The van der Waals surface area contributed by atoms with E-state index in [0.29, 0.717) is 34.2 Å². The molecule has 2 aromatic carbocycles. The van der Waals surface area contributed by atoms with Crippen molar-refractivity contribution < 1.29 is 33.4 Å². The highest BCUT2D eigenvalue weighted by Crippen LogP contribution is 2.27. The molecule has 35 heavy (non-hydrogen) atoms. The van der Waals surface area contributed by atoms with Crippen LogP contribution in [0.4, 0.5) is 5.69 Å². The second-order valence-electron chi connectivity index (χ2n) is 7.75. The maximum atomic E-state index is 12.5. The first-order valence-corrected chi connectivity index (χ1v) is 11.9. The van der Waals surface area contributed by atoms with E-state index in [1.165, 1.54) is 40.5 Å². The molecule has 180 valence electrons. The highest BCUT2D eigenvalue weighted by molar-refractivity contribution is 7.12. The Morgan fingerprint density at radius 1 is 1.00 bits per heavy atom. The summed E-state index contributed by atoms with van der Waals surface area (Å²) in [6.07, 6.45) is 0.0184. The standard InChI is InChI=1S/C26H23NO7S/c1-2-32-20-11-7-19(8-12-20)27-15-18(14-24(27)29)25(30)33-16-22(28)17-5-9-21(10-6-17)34-26(31)23-4-3-13-35-23/h3-13,18H,2,14-16H2,1H3/t18-/m0/s1. The van der Waals surface area contributed by atoms with Gasteiger partial charge in [0.05, 0.1) is 12.5 Å². The van der Waals surface area contributed by atoms with E-state index in [4.69, 9.17) is 14.2 Å². The van der Waals surface area contributed by atoms with Crippen LogP contribution in [-0.2, 0) is 14.3 Å². The lowest BCUT2D eigenvalue weighted by molar-refractivity contribution is -0.147. The number of Topliss-reactive ketones (excluding diaryl/α,β-unsaturated/α-hetero) is 1. The van der Waals surface area contributed by atoms with Gasteiger partial charge in [-0.3, -0.25) is 14.4 Å². The van der Waals surface area contributed by atoms with Crippen LogP contribution in [0, 0.1) is 5.92 Å². The van der Waals surface area contributed by atoms with Crippen LogP contribution in [0.2, 0.25) is 0 Å². The number of ether oxygens (including phenoxy) is 3. The zero-order valence-electron chi connectivity index (χ0n) is 19.0. The van der Waals surface area contributed by atoms with Crippen LogP contribution in [-0.4, -0.2) is 43.4 Å². The van der Waals surface area contributed by atoms with Crippen molar-refractivity contribution in [1.82, 2.24) is 0 Å². The molecular formula is C26H23NO7S. The number of esters is 2. The fraction of sp³-hybridized carbons (Fsp3) is 0.231. The molecule has 1 atom stereocenters. The summed E-state index contributed by atoms with van der Waals surface area (Å²) < 4.78 is 15.9. The number of thiophene rings is 1. The molecule has 1 aliphatic rings. The second kappa shape index (κ2) is 11.0. The summed E-state index contributed by atoms with van der Waals surface area (Å²) in [5.74, 6) is -1.31. The van der Waals surface area contributed by atoms with E-state index in [1.54, 1.807) is 41.8 Å². The maximum Gasteiger partial charge on any atom is 0.353 e. The van der Waals surface area contributed by atoms with Gasteiger partial charge < -0.3 is 19.1 Å². The summed E-state index contributed by atoms with van der Waals surface area (Å²) in [5.41, 5.74) is 0.983. The Bertz CT molecular complexity index is 1200. The van der Waals surface area contributed by atoms with Crippen molar-refractivity contribution in [3.05, 3.63) is 76.5 Å². The van der Waals surface area contributed by atoms with E-state index in [-0.39, 0.29) is 18.9 Å². The number of carbonyl (C=O) groups is 4. The van der Waals surface area contributed by atoms with Gasteiger partial charge in [-0.15, -0.1) is 11.3 Å². The topological polar surface area (TPSA) is 99.2 Å². The van der Waals surface area contributed by atoms with Crippen LogP contribution < -0.4 is 14.4 Å². The first-order chi connectivity index (χ1) is 16.9. The first-order valence-electron chi connectivity index (χ1n) is 11.0. The van der Waals surface area contributed by atoms with Crippen LogP contribution >= 0.6 is 11.3 Å². The van der Waals surface area contributed by atoms with Gasteiger partial charge in [0.15, 0.2) is 12.4 Å². The Balaban J connectivity index is 1.27. The number of carbonyl (C=O) groups excluding carboxylic acids is 4. The van der Waals surface area contributed by atoms with E-state index in [0.717, 1.165) is 0 Å². The van der Waals surface area contributed by atoms with Gasteiger partial charge in [0.25, 0.3) is 0 Å². The average Bonchev–Trinajstić information content (AvgIpc) is 3.54. The predicted molar refractivity (Wildman–Crippen MR) is 129 cm³/mol. The second-order valence-corrected chi connectivity index (χ2v) is 8.70. The molecule has 0 spiro atoms. The fourth-order valence-electron chi connectivity index (χ4n) is 3.60. The summed E-state index contributed by atoms with van der Waals surface area (Å²) in [5, 5.41) is 1.78. The lowest BCUT2D eigenvalue weighted by atomic mass is 10.1. The molecule has 1 fully saturated rings. The van der Waals surface area contributed by atoms with E-state index in [2.05, 4.69) is 0 Å². The van der Waals surface area contributed by atoms with Crippen molar-refractivity contribution in [3.63, 3.8) is 0 Å². The third kappa shape index (κ3) is 5.93. The molecule has 0 unspecified atom stereocenters. The largest absolute Gasteiger partial charge is 0.494 e. The first kappa shape index (κ1) is 24.2. The molecule has 9 heteroatoms.